The smallest absolute Gasteiger partial charge is 0.216 e. The molecule has 0 heterocycles. The lowest BCUT2D eigenvalue weighted by molar-refractivity contribution is -0.118. The molecule has 0 rings (SSSR count). The molecule has 0 unspecified atom stereocenters. The van der Waals surface area contributed by atoms with Gasteiger partial charge in [-0.15, -0.1) is 0 Å². The van der Waals surface area contributed by atoms with Crippen molar-refractivity contribution in [3.05, 3.63) is 0 Å². The molecule has 0 atom stereocenters. The topological polar surface area (TPSA) is 79.5 Å². The Kier molecular flexibility index (Phi) is 7.59. The number of amides is 1. The predicted octanol–water partition coefficient (Wildman–Crippen LogP) is -0.173. The average molecular weight is 200 g/mol. The van der Waals surface area contributed by atoms with Crippen LogP contribution in [0.15, 0.2) is 4.99 Å². The van der Waals surface area contributed by atoms with E-state index in [1.165, 1.54) is 6.92 Å². The number of nitrogens with one attached hydrogen (secondary N) is 2. The highest BCUT2D eigenvalue weighted by atomic mass is 16.1. The molecule has 5 heteroatoms. The van der Waals surface area contributed by atoms with Crippen molar-refractivity contribution in [1.29, 1.82) is 0 Å². The molecule has 0 aromatic heterocycles. The maximum Gasteiger partial charge on any atom is 0.216 e. The molecule has 0 aliphatic rings. The van der Waals surface area contributed by atoms with Crippen LogP contribution in [-0.4, -0.2) is 31.5 Å². The fourth-order valence-electron chi connectivity index (χ4n) is 0.843. The summed E-state index contributed by atoms with van der Waals surface area (Å²) in [4.78, 5) is 14.6. The number of nitrogens with zero attached hydrogens (tertiary/aromatic N) is 1. The number of aliphatic imine (C=N–C) groups is 1. The van der Waals surface area contributed by atoms with Crippen LogP contribution in [-0.2, 0) is 4.79 Å². The highest BCUT2D eigenvalue weighted by Crippen LogP contribution is 1.85. The second-order valence-corrected chi connectivity index (χ2v) is 3.03. The molecule has 0 fully saturated rings. The van der Waals surface area contributed by atoms with Gasteiger partial charge in [0.15, 0.2) is 5.96 Å². The van der Waals surface area contributed by atoms with E-state index in [1.54, 1.807) is 0 Å². The Morgan fingerprint density at radius 3 is 2.57 bits per heavy atom. The number of carbonyl (C=O) groups is 1. The summed E-state index contributed by atoms with van der Waals surface area (Å²) in [5, 5.41) is 5.57. The Morgan fingerprint density at radius 2 is 2.00 bits per heavy atom. The first-order valence-electron chi connectivity index (χ1n) is 4.95. The Balaban J connectivity index is 3.38. The lowest BCUT2D eigenvalue weighted by Gasteiger charge is -2.05. The minimum atomic E-state index is -0.0340. The van der Waals surface area contributed by atoms with Gasteiger partial charge in [0.05, 0.1) is 0 Å². The molecule has 0 spiro atoms. The molecule has 0 aromatic rings. The molecular formula is C9H20N4O. The maximum absolute atomic E-state index is 10.5. The fourth-order valence-corrected chi connectivity index (χ4v) is 0.843. The normalized spacial score (nSPS) is 11.1. The van der Waals surface area contributed by atoms with Gasteiger partial charge in [-0.05, 0) is 6.42 Å². The molecule has 0 saturated heterocycles. The van der Waals surface area contributed by atoms with Crippen LogP contribution >= 0.6 is 0 Å². The fraction of sp³-hybridized carbons (Fsp3) is 0.778. The number of unbranched alkanes of at least 4 members (excludes halogenated alkanes) is 1. The van der Waals surface area contributed by atoms with Crippen LogP contribution in [0.1, 0.15) is 26.7 Å². The Labute approximate surface area is 85.2 Å². The number of carbonyl (C=O) groups excluding carboxylic acids is 1. The van der Waals surface area contributed by atoms with Crippen molar-refractivity contribution < 1.29 is 4.79 Å². The van der Waals surface area contributed by atoms with Crippen LogP contribution in [0.5, 0.6) is 0 Å². The lowest BCUT2D eigenvalue weighted by atomic mass is 10.3. The van der Waals surface area contributed by atoms with Crippen molar-refractivity contribution in [2.45, 2.75) is 26.7 Å². The van der Waals surface area contributed by atoms with E-state index in [-0.39, 0.29) is 5.91 Å². The van der Waals surface area contributed by atoms with Crippen LogP contribution in [0.25, 0.3) is 0 Å². The van der Waals surface area contributed by atoms with E-state index >= 15 is 0 Å². The summed E-state index contributed by atoms with van der Waals surface area (Å²) in [5.41, 5.74) is 5.56. The second-order valence-electron chi connectivity index (χ2n) is 3.03. The van der Waals surface area contributed by atoms with Crippen molar-refractivity contribution in [2.75, 3.05) is 19.6 Å². The van der Waals surface area contributed by atoms with Gasteiger partial charge in [0, 0.05) is 26.6 Å². The summed E-state index contributed by atoms with van der Waals surface area (Å²) in [6, 6.07) is 0. The van der Waals surface area contributed by atoms with Gasteiger partial charge in [-0.1, -0.05) is 13.3 Å². The molecule has 0 aliphatic heterocycles. The van der Waals surface area contributed by atoms with Gasteiger partial charge in [0.25, 0.3) is 0 Å². The second kappa shape index (κ2) is 8.34. The first-order chi connectivity index (χ1) is 6.66. The van der Waals surface area contributed by atoms with E-state index in [0.29, 0.717) is 19.0 Å². The lowest BCUT2D eigenvalue weighted by Crippen LogP contribution is -2.38. The summed E-state index contributed by atoms with van der Waals surface area (Å²) >= 11 is 0. The van der Waals surface area contributed by atoms with Gasteiger partial charge < -0.3 is 16.4 Å². The summed E-state index contributed by atoms with van der Waals surface area (Å²) < 4.78 is 0. The van der Waals surface area contributed by atoms with Gasteiger partial charge >= 0.3 is 0 Å². The van der Waals surface area contributed by atoms with Crippen LogP contribution in [0.2, 0.25) is 0 Å². The van der Waals surface area contributed by atoms with Crippen molar-refractivity contribution >= 4 is 11.9 Å². The van der Waals surface area contributed by atoms with Gasteiger partial charge in [0.2, 0.25) is 5.91 Å². The summed E-state index contributed by atoms with van der Waals surface area (Å²) in [7, 11) is 0. The zero-order valence-electron chi connectivity index (χ0n) is 8.97. The van der Waals surface area contributed by atoms with Crippen molar-refractivity contribution in [3.8, 4) is 0 Å². The number of hydrogen-bond donors (Lipinski definition) is 3. The van der Waals surface area contributed by atoms with Crippen LogP contribution in [0, 0.1) is 0 Å². The largest absolute Gasteiger partial charge is 0.370 e. The molecule has 5 nitrogen and oxygen atoms in total. The monoisotopic (exact) mass is 200 g/mol. The van der Waals surface area contributed by atoms with Gasteiger partial charge in [-0.3, -0.25) is 9.79 Å². The highest BCUT2D eigenvalue weighted by Gasteiger charge is 1.92. The van der Waals surface area contributed by atoms with Gasteiger partial charge in [-0.2, -0.15) is 0 Å². The highest BCUT2D eigenvalue weighted by molar-refractivity contribution is 5.78. The zero-order valence-corrected chi connectivity index (χ0v) is 8.97. The van der Waals surface area contributed by atoms with Crippen molar-refractivity contribution in [3.63, 3.8) is 0 Å². The quantitative estimate of drug-likeness (QED) is 0.316. The molecule has 4 N–H and O–H groups in total. The first kappa shape index (κ1) is 12.7. The van der Waals surface area contributed by atoms with Crippen LogP contribution < -0.4 is 16.4 Å². The number of rotatable bonds is 6. The average Bonchev–Trinajstić information content (AvgIpc) is 2.13. The standard InChI is InChI=1S/C9H20N4O/c1-3-4-5-12-9(10)13-7-6-11-8(2)14/h3-7H2,1-2H3,(H,11,14)(H3,10,12,13). The summed E-state index contributed by atoms with van der Waals surface area (Å²) in [6.45, 7) is 5.53. The molecule has 0 saturated carbocycles. The molecule has 82 valence electrons. The molecule has 1 amide bonds. The Bertz CT molecular complexity index is 191. The molecular weight excluding hydrogens is 180 g/mol. The Hall–Kier alpha value is -1.26. The molecule has 0 radical (unpaired) electrons. The van der Waals surface area contributed by atoms with E-state index in [1.807, 2.05) is 0 Å². The molecule has 0 bridgehead atoms. The van der Waals surface area contributed by atoms with Crippen LogP contribution in [0.3, 0.4) is 0 Å². The summed E-state index contributed by atoms with van der Waals surface area (Å²) in [6.07, 6.45) is 2.16. The molecule has 14 heavy (non-hydrogen) atoms. The zero-order chi connectivity index (χ0) is 10.8. The van der Waals surface area contributed by atoms with Gasteiger partial charge in [-0.25, -0.2) is 0 Å². The number of hydrogen-bond acceptors (Lipinski definition) is 2. The summed E-state index contributed by atoms with van der Waals surface area (Å²) in [5.74, 6) is 0.414. The molecule has 0 aromatic carbocycles. The minimum absolute atomic E-state index is 0.0340. The first-order valence-corrected chi connectivity index (χ1v) is 4.95. The third-order valence-corrected chi connectivity index (χ3v) is 1.60. The van der Waals surface area contributed by atoms with E-state index in [9.17, 15) is 4.79 Å². The van der Waals surface area contributed by atoms with Crippen molar-refractivity contribution in [2.24, 2.45) is 10.7 Å². The minimum Gasteiger partial charge on any atom is -0.370 e. The van der Waals surface area contributed by atoms with Crippen molar-refractivity contribution in [1.82, 2.24) is 10.6 Å². The van der Waals surface area contributed by atoms with E-state index in [2.05, 4.69) is 22.5 Å². The van der Waals surface area contributed by atoms with E-state index in [0.717, 1.165) is 19.4 Å². The SMILES string of the molecule is CCCCN=C(N)NCCNC(C)=O. The predicted molar refractivity (Wildman–Crippen MR) is 58.1 cm³/mol. The van der Waals surface area contributed by atoms with E-state index < -0.39 is 0 Å². The number of guanidine groups is 1. The molecule has 0 aliphatic carbocycles. The third kappa shape index (κ3) is 8.83. The Morgan fingerprint density at radius 1 is 1.36 bits per heavy atom. The number of nitrogens with two attached hydrogens (primary N) is 1. The van der Waals surface area contributed by atoms with Gasteiger partial charge in [0.1, 0.15) is 0 Å². The van der Waals surface area contributed by atoms with E-state index in [4.69, 9.17) is 5.73 Å². The van der Waals surface area contributed by atoms with Crippen LogP contribution in [0.4, 0.5) is 0 Å². The third-order valence-electron chi connectivity index (χ3n) is 1.60. The maximum atomic E-state index is 10.5.